The van der Waals surface area contributed by atoms with E-state index in [0.717, 1.165) is 25.7 Å². The van der Waals surface area contributed by atoms with Gasteiger partial charge in [-0.1, -0.05) is 70.4 Å². The number of hydrogen-bond acceptors (Lipinski definition) is 6. The molecule has 2 aromatic heterocycles. The number of aromatic nitrogens is 2. The van der Waals surface area contributed by atoms with Gasteiger partial charge in [-0.25, -0.2) is 9.78 Å². The van der Waals surface area contributed by atoms with Crippen molar-refractivity contribution in [2.24, 2.45) is 0 Å². The normalized spacial score (nSPS) is 12.9. The first-order valence-corrected chi connectivity index (χ1v) is 15.7. The highest BCUT2D eigenvalue weighted by atomic mass is 28.4. The van der Waals surface area contributed by atoms with Crippen molar-refractivity contribution in [1.82, 2.24) is 9.97 Å². The molecule has 6 nitrogen and oxygen atoms in total. The summed E-state index contributed by atoms with van der Waals surface area (Å²) in [5, 5.41) is 0.0849. The zero-order valence-corrected chi connectivity index (χ0v) is 23.5. The highest BCUT2D eigenvalue weighted by molar-refractivity contribution is 6.74. The third-order valence-corrected chi connectivity index (χ3v) is 11.5. The zero-order valence-electron chi connectivity index (χ0n) is 22.5. The number of aryl methyl sites for hydroxylation is 1. The smallest absolute Gasteiger partial charge is 0.339 e. The summed E-state index contributed by atoms with van der Waals surface area (Å²) in [6.45, 7) is 11.3. The Bertz CT molecular complexity index is 1090. The first kappa shape index (κ1) is 27.8. The SMILES string of the molecule is COC(=O)c1ccc(-c2cnc(C(CCCCCCc3ccccc3)O[Si](C)(C)C(C)(C)C)o2)nc1. The van der Waals surface area contributed by atoms with Gasteiger partial charge >= 0.3 is 5.97 Å². The summed E-state index contributed by atoms with van der Waals surface area (Å²) in [7, 11) is -0.680. The summed E-state index contributed by atoms with van der Waals surface area (Å²) in [4.78, 5) is 20.6. The van der Waals surface area contributed by atoms with Gasteiger partial charge in [0.15, 0.2) is 14.1 Å². The molecule has 3 aromatic rings. The monoisotopic (exact) mass is 508 g/mol. The minimum absolute atomic E-state index is 0.0849. The number of methoxy groups -OCH3 is 1. The molecule has 0 aliphatic heterocycles. The minimum Gasteiger partial charge on any atom is -0.465 e. The van der Waals surface area contributed by atoms with Gasteiger partial charge in [-0.2, -0.15) is 0 Å². The average Bonchev–Trinajstić information content (AvgIpc) is 3.35. The maximum atomic E-state index is 11.7. The van der Waals surface area contributed by atoms with E-state index in [1.54, 1.807) is 18.3 Å². The highest BCUT2D eigenvalue weighted by Crippen LogP contribution is 2.41. The quantitative estimate of drug-likeness (QED) is 0.141. The predicted octanol–water partition coefficient (Wildman–Crippen LogP) is 7.78. The molecule has 0 bridgehead atoms. The molecule has 0 saturated carbocycles. The lowest BCUT2D eigenvalue weighted by Gasteiger charge is -2.38. The van der Waals surface area contributed by atoms with Gasteiger partial charge < -0.3 is 13.6 Å². The molecule has 0 saturated heterocycles. The van der Waals surface area contributed by atoms with Crippen molar-refractivity contribution in [3.63, 3.8) is 0 Å². The summed E-state index contributed by atoms with van der Waals surface area (Å²) < 4.78 is 17.7. The maximum Gasteiger partial charge on any atom is 0.339 e. The Kier molecular flexibility index (Phi) is 9.62. The number of carbonyl (C=O) groups is 1. The van der Waals surface area contributed by atoms with E-state index in [0.29, 0.717) is 22.9 Å². The minimum atomic E-state index is -2.03. The van der Waals surface area contributed by atoms with Crippen molar-refractivity contribution < 1.29 is 18.4 Å². The Balaban J connectivity index is 1.65. The van der Waals surface area contributed by atoms with Crippen molar-refractivity contribution in [1.29, 1.82) is 0 Å². The first-order chi connectivity index (χ1) is 17.1. The number of benzene rings is 1. The molecule has 0 aliphatic rings. The topological polar surface area (TPSA) is 74.5 Å². The van der Waals surface area contributed by atoms with Gasteiger partial charge in [0.2, 0.25) is 5.89 Å². The molecule has 0 spiro atoms. The highest BCUT2D eigenvalue weighted by Gasteiger charge is 2.40. The van der Waals surface area contributed by atoms with Crippen molar-refractivity contribution in [3.8, 4) is 11.5 Å². The molecule has 0 amide bonds. The molecule has 1 atom stereocenters. The number of oxazole rings is 1. The molecule has 0 fully saturated rings. The summed E-state index contributed by atoms with van der Waals surface area (Å²) >= 11 is 0. The van der Waals surface area contributed by atoms with Crippen LogP contribution in [0.3, 0.4) is 0 Å². The van der Waals surface area contributed by atoms with Gasteiger partial charge in [-0.3, -0.25) is 4.98 Å². The van der Waals surface area contributed by atoms with E-state index in [9.17, 15) is 4.79 Å². The van der Waals surface area contributed by atoms with Crippen molar-refractivity contribution in [3.05, 3.63) is 71.9 Å². The van der Waals surface area contributed by atoms with Gasteiger partial charge in [-0.05, 0) is 55.1 Å². The summed E-state index contributed by atoms with van der Waals surface area (Å²) in [5.74, 6) is 0.741. The lowest BCUT2D eigenvalue weighted by Crippen LogP contribution is -2.41. The van der Waals surface area contributed by atoms with Gasteiger partial charge in [0.25, 0.3) is 0 Å². The molecule has 0 aliphatic carbocycles. The van der Waals surface area contributed by atoms with E-state index in [2.05, 4.69) is 74.2 Å². The van der Waals surface area contributed by atoms with Gasteiger partial charge in [0.1, 0.15) is 11.8 Å². The molecule has 2 heterocycles. The number of nitrogens with zero attached hydrogens (tertiary/aromatic N) is 2. The molecular weight excluding hydrogens is 468 g/mol. The maximum absolute atomic E-state index is 11.7. The fourth-order valence-electron chi connectivity index (χ4n) is 3.76. The number of unbranched alkanes of at least 4 members (excludes halogenated alkanes) is 3. The molecule has 3 rings (SSSR count). The molecular formula is C29H40N2O4Si. The van der Waals surface area contributed by atoms with Crippen LogP contribution < -0.4 is 0 Å². The van der Waals surface area contributed by atoms with Crippen LogP contribution in [0.2, 0.25) is 18.1 Å². The molecule has 0 N–H and O–H groups in total. The third kappa shape index (κ3) is 7.61. The van der Waals surface area contributed by atoms with E-state index < -0.39 is 14.3 Å². The van der Waals surface area contributed by atoms with E-state index in [-0.39, 0.29) is 11.1 Å². The largest absolute Gasteiger partial charge is 0.465 e. The molecule has 7 heteroatoms. The summed E-state index contributed by atoms with van der Waals surface area (Å²) in [6, 6.07) is 14.1. The second-order valence-corrected chi connectivity index (χ2v) is 15.5. The van der Waals surface area contributed by atoms with Crippen LogP contribution in [0.1, 0.15) is 80.8 Å². The van der Waals surface area contributed by atoms with Crippen LogP contribution in [0, 0.1) is 0 Å². The lowest BCUT2D eigenvalue weighted by molar-refractivity contribution is 0.0600. The first-order valence-electron chi connectivity index (χ1n) is 12.8. The Morgan fingerprint density at radius 2 is 1.69 bits per heavy atom. The fraction of sp³-hybridized carbons (Fsp3) is 0.483. The number of pyridine rings is 1. The Hall–Kier alpha value is -2.77. The van der Waals surface area contributed by atoms with Gasteiger partial charge in [0.05, 0.1) is 18.9 Å². The standard InChI is InChI=1S/C29H40N2O4Si/c1-29(2,3)36(5,6)35-25(17-13-8-7-10-14-22-15-11-9-12-16-22)27-31-21-26(34-27)24-19-18-23(20-30-24)28(32)33-4/h9,11-12,15-16,18-21,25H,7-8,10,13-14,17H2,1-6H3. The predicted molar refractivity (Wildman–Crippen MR) is 145 cm³/mol. The summed E-state index contributed by atoms with van der Waals surface area (Å²) in [6.07, 6.45) is 9.56. The number of hydrogen-bond donors (Lipinski definition) is 0. The third-order valence-electron chi connectivity index (χ3n) is 7.00. The Labute approximate surface area is 216 Å². The molecule has 194 valence electrons. The van der Waals surface area contributed by atoms with Crippen LogP contribution >= 0.6 is 0 Å². The second-order valence-electron chi connectivity index (χ2n) is 10.8. The number of ether oxygens (including phenoxy) is 1. The van der Waals surface area contributed by atoms with Crippen LogP contribution in [0.4, 0.5) is 0 Å². The van der Waals surface area contributed by atoms with E-state index >= 15 is 0 Å². The van der Waals surface area contributed by atoms with E-state index in [4.69, 9.17) is 13.6 Å². The summed E-state index contributed by atoms with van der Waals surface area (Å²) in [5.41, 5.74) is 2.41. The van der Waals surface area contributed by atoms with Crippen LogP contribution in [0.25, 0.3) is 11.5 Å². The Morgan fingerprint density at radius 1 is 0.972 bits per heavy atom. The van der Waals surface area contributed by atoms with Crippen LogP contribution in [-0.4, -0.2) is 31.4 Å². The van der Waals surface area contributed by atoms with Crippen LogP contribution in [0.15, 0.2) is 59.3 Å². The molecule has 0 radical (unpaired) electrons. The fourth-order valence-corrected chi connectivity index (χ4v) is 5.04. The van der Waals surface area contributed by atoms with E-state index in [1.807, 2.05) is 0 Å². The molecule has 1 aromatic carbocycles. The molecule has 1 unspecified atom stereocenters. The lowest BCUT2D eigenvalue weighted by atomic mass is 10.0. The average molecular weight is 509 g/mol. The zero-order chi connectivity index (χ0) is 26.2. The van der Waals surface area contributed by atoms with Gasteiger partial charge in [-0.15, -0.1) is 0 Å². The van der Waals surface area contributed by atoms with Crippen molar-refractivity contribution >= 4 is 14.3 Å². The van der Waals surface area contributed by atoms with E-state index in [1.165, 1.54) is 31.7 Å². The van der Waals surface area contributed by atoms with Crippen molar-refractivity contribution in [2.75, 3.05) is 7.11 Å². The van der Waals surface area contributed by atoms with Crippen LogP contribution in [0.5, 0.6) is 0 Å². The Morgan fingerprint density at radius 3 is 2.33 bits per heavy atom. The number of carbonyl (C=O) groups excluding carboxylic acids is 1. The second kappa shape index (κ2) is 12.5. The number of esters is 1. The number of rotatable bonds is 12. The molecule has 36 heavy (non-hydrogen) atoms. The van der Waals surface area contributed by atoms with Gasteiger partial charge in [0, 0.05) is 6.20 Å². The van der Waals surface area contributed by atoms with Crippen LogP contribution in [-0.2, 0) is 15.6 Å². The van der Waals surface area contributed by atoms with Crippen molar-refractivity contribution in [2.45, 2.75) is 83.5 Å².